The molecule has 1 saturated carbocycles. The van der Waals surface area contributed by atoms with Crippen LogP contribution in [-0.4, -0.2) is 30.3 Å². The zero-order chi connectivity index (χ0) is 16.6. The number of carbonyl (C=O) groups excluding carboxylic acids is 2. The van der Waals surface area contributed by atoms with Gasteiger partial charge in [-0.15, -0.1) is 0 Å². The topological polar surface area (TPSA) is 64.6 Å². The van der Waals surface area contributed by atoms with E-state index in [4.69, 9.17) is 9.47 Å². The van der Waals surface area contributed by atoms with Gasteiger partial charge in [-0.05, 0) is 51.9 Å². The van der Waals surface area contributed by atoms with Crippen molar-refractivity contribution < 1.29 is 19.1 Å². The van der Waals surface area contributed by atoms with Crippen LogP contribution in [0.1, 0.15) is 72.6 Å². The fourth-order valence-corrected chi connectivity index (χ4v) is 3.09. The van der Waals surface area contributed by atoms with Crippen LogP contribution in [0.15, 0.2) is 0 Å². The molecule has 0 saturated heterocycles. The minimum atomic E-state index is -0.355. The van der Waals surface area contributed by atoms with Gasteiger partial charge in [-0.2, -0.15) is 0 Å². The highest BCUT2D eigenvalue weighted by molar-refractivity contribution is 5.72. The number of esters is 1. The molecule has 0 spiro atoms. The zero-order valence-electron chi connectivity index (χ0n) is 14.4. The summed E-state index contributed by atoms with van der Waals surface area (Å²) in [6.45, 7) is 8.39. The second-order valence-electron chi connectivity index (χ2n) is 6.08. The Morgan fingerprint density at radius 2 is 1.55 bits per heavy atom. The van der Waals surface area contributed by atoms with Crippen molar-refractivity contribution in [1.29, 1.82) is 0 Å². The zero-order valence-corrected chi connectivity index (χ0v) is 14.4. The Labute approximate surface area is 134 Å². The van der Waals surface area contributed by atoms with Gasteiger partial charge in [-0.25, -0.2) is 4.79 Å². The van der Waals surface area contributed by atoms with E-state index in [9.17, 15) is 9.59 Å². The number of ether oxygens (including phenoxy) is 2. The van der Waals surface area contributed by atoms with Crippen LogP contribution in [0.5, 0.6) is 0 Å². The molecule has 0 heterocycles. The summed E-state index contributed by atoms with van der Waals surface area (Å²) in [5.74, 6) is -0.125. The van der Waals surface area contributed by atoms with Crippen LogP contribution in [0.25, 0.3) is 0 Å². The minimum Gasteiger partial charge on any atom is -0.466 e. The predicted octanol–water partition coefficient (Wildman–Crippen LogP) is 3.80. The fourth-order valence-electron chi connectivity index (χ4n) is 3.09. The third kappa shape index (κ3) is 5.18. The van der Waals surface area contributed by atoms with Crippen LogP contribution >= 0.6 is 0 Å². The summed E-state index contributed by atoms with van der Waals surface area (Å²) in [6, 6.07) is 0.0986. The maximum absolute atomic E-state index is 12.1. The molecule has 1 aliphatic carbocycles. The summed E-state index contributed by atoms with van der Waals surface area (Å²) in [5.41, 5.74) is -0.355. The van der Waals surface area contributed by atoms with Crippen LogP contribution in [0.3, 0.4) is 0 Å². The Hall–Kier alpha value is -1.26. The second-order valence-corrected chi connectivity index (χ2v) is 6.08. The molecule has 128 valence electrons. The normalized spacial score (nSPS) is 22.0. The summed E-state index contributed by atoms with van der Waals surface area (Å²) in [6.07, 6.45) is 5.28. The lowest BCUT2D eigenvalue weighted by molar-refractivity contribution is -0.149. The van der Waals surface area contributed by atoms with Gasteiger partial charge in [0, 0.05) is 6.04 Å². The van der Waals surface area contributed by atoms with Crippen LogP contribution in [0.2, 0.25) is 0 Å². The lowest BCUT2D eigenvalue weighted by atomic mass is 9.86. The van der Waals surface area contributed by atoms with Gasteiger partial charge < -0.3 is 14.8 Å². The first-order valence-electron chi connectivity index (χ1n) is 8.66. The molecule has 0 atom stereocenters. The number of alkyl carbamates (subject to hydrolysis) is 1. The number of nitrogens with one attached hydrogen (secondary N) is 1. The maximum Gasteiger partial charge on any atom is 0.407 e. The van der Waals surface area contributed by atoms with E-state index in [0.717, 1.165) is 44.9 Å². The van der Waals surface area contributed by atoms with Gasteiger partial charge in [0.2, 0.25) is 0 Å². The highest BCUT2D eigenvalue weighted by atomic mass is 16.6. The van der Waals surface area contributed by atoms with Crippen molar-refractivity contribution in [2.45, 2.75) is 84.3 Å². The monoisotopic (exact) mass is 313 g/mol. The fraction of sp³-hybridized carbons (Fsp3) is 0.882. The Kier molecular flexibility index (Phi) is 7.69. The summed E-state index contributed by atoms with van der Waals surface area (Å²) in [4.78, 5) is 23.8. The molecule has 1 N–H and O–H groups in total. The Morgan fingerprint density at radius 3 is 2.00 bits per heavy atom. The second kappa shape index (κ2) is 9.01. The smallest absolute Gasteiger partial charge is 0.407 e. The molecular weight excluding hydrogens is 282 g/mol. The highest BCUT2D eigenvalue weighted by Gasteiger charge is 2.31. The molecule has 0 aromatic rings. The van der Waals surface area contributed by atoms with E-state index in [2.05, 4.69) is 5.32 Å². The van der Waals surface area contributed by atoms with E-state index in [1.165, 1.54) is 0 Å². The average molecular weight is 313 g/mol. The Morgan fingerprint density at radius 1 is 1.00 bits per heavy atom. The van der Waals surface area contributed by atoms with E-state index in [-0.39, 0.29) is 29.6 Å². The van der Waals surface area contributed by atoms with Crippen molar-refractivity contribution in [3.8, 4) is 0 Å². The quantitative estimate of drug-likeness (QED) is 0.726. The predicted molar refractivity (Wildman–Crippen MR) is 85.6 cm³/mol. The number of amides is 1. The van der Waals surface area contributed by atoms with Crippen molar-refractivity contribution >= 4 is 12.1 Å². The van der Waals surface area contributed by atoms with Crippen molar-refractivity contribution in [3.63, 3.8) is 0 Å². The third-order valence-corrected chi connectivity index (χ3v) is 4.91. The summed E-state index contributed by atoms with van der Waals surface area (Å²) in [7, 11) is 0. The van der Waals surface area contributed by atoms with Crippen molar-refractivity contribution in [2.24, 2.45) is 5.92 Å². The minimum absolute atomic E-state index is 0.0185. The molecule has 0 radical (unpaired) electrons. The Balaban J connectivity index is 2.40. The first kappa shape index (κ1) is 18.8. The van der Waals surface area contributed by atoms with Crippen molar-refractivity contribution in [1.82, 2.24) is 5.32 Å². The summed E-state index contributed by atoms with van der Waals surface area (Å²) >= 11 is 0. The lowest BCUT2D eigenvalue weighted by Gasteiger charge is -2.32. The molecule has 0 bridgehead atoms. The van der Waals surface area contributed by atoms with Gasteiger partial charge in [0.25, 0.3) is 0 Å². The van der Waals surface area contributed by atoms with Crippen LogP contribution < -0.4 is 5.32 Å². The van der Waals surface area contributed by atoms with E-state index in [0.29, 0.717) is 6.61 Å². The van der Waals surface area contributed by atoms with Crippen molar-refractivity contribution in [2.75, 3.05) is 6.61 Å². The standard InChI is InChI=1S/C17H31NO4/c1-5-17(6-2,7-3)22-16(20)18-14-11-9-13(10-12-14)15(19)21-8-4/h13-14H,5-12H2,1-4H3,(H,18,20). The molecule has 5 nitrogen and oxygen atoms in total. The van der Waals surface area contributed by atoms with E-state index < -0.39 is 0 Å². The van der Waals surface area contributed by atoms with Gasteiger partial charge in [0.05, 0.1) is 12.5 Å². The SMILES string of the molecule is CCOC(=O)C1CCC(NC(=O)OC(CC)(CC)CC)CC1. The molecule has 0 aliphatic heterocycles. The molecule has 1 amide bonds. The number of hydrogen-bond acceptors (Lipinski definition) is 4. The number of carbonyl (C=O) groups is 2. The Bertz CT molecular complexity index is 349. The van der Waals surface area contributed by atoms with Crippen LogP contribution in [0.4, 0.5) is 4.79 Å². The summed E-state index contributed by atoms with van der Waals surface area (Å²) < 4.78 is 10.7. The van der Waals surface area contributed by atoms with Gasteiger partial charge in [-0.3, -0.25) is 4.79 Å². The first-order valence-corrected chi connectivity index (χ1v) is 8.66. The first-order chi connectivity index (χ1) is 10.5. The van der Waals surface area contributed by atoms with Gasteiger partial charge in [-0.1, -0.05) is 20.8 Å². The number of rotatable bonds is 7. The molecule has 0 unspecified atom stereocenters. The summed E-state index contributed by atoms with van der Waals surface area (Å²) in [5, 5.41) is 2.96. The lowest BCUT2D eigenvalue weighted by Crippen LogP contribution is -2.43. The molecule has 1 rings (SSSR count). The van der Waals surface area contributed by atoms with Gasteiger partial charge in [0.1, 0.15) is 5.60 Å². The molecule has 0 aromatic heterocycles. The maximum atomic E-state index is 12.1. The third-order valence-electron chi connectivity index (χ3n) is 4.91. The van der Waals surface area contributed by atoms with E-state index in [1.54, 1.807) is 0 Å². The molecular formula is C17H31NO4. The van der Waals surface area contributed by atoms with Crippen LogP contribution in [-0.2, 0) is 14.3 Å². The molecule has 0 aromatic carbocycles. The van der Waals surface area contributed by atoms with Gasteiger partial charge in [0.15, 0.2) is 0 Å². The van der Waals surface area contributed by atoms with E-state index >= 15 is 0 Å². The number of hydrogen-bond donors (Lipinski definition) is 1. The largest absolute Gasteiger partial charge is 0.466 e. The van der Waals surface area contributed by atoms with Crippen molar-refractivity contribution in [3.05, 3.63) is 0 Å². The molecule has 1 fully saturated rings. The molecule has 5 heteroatoms. The molecule has 1 aliphatic rings. The van der Waals surface area contributed by atoms with Crippen LogP contribution in [0, 0.1) is 5.92 Å². The van der Waals surface area contributed by atoms with Gasteiger partial charge >= 0.3 is 12.1 Å². The molecule has 22 heavy (non-hydrogen) atoms. The van der Waals surface area contributed by atoms with E-state index in [1.807, 2.05) is 27.7 Å². The highest BCUT2D eigenvalue weighted by Crippen LogP contribution is 2.27. The average Bonchev–Trinajstić information content (AvgIpc) is 2.53.